The number of anilines is 1. The van der Waals surface area contributed by atoms with Crippen molar-refractivity contribution in [2.45, 2.75) is 0 Å². The van der Waals surface area contributed by atoms with Crippen LogP contribution in [0.2, 0.25) is 0 Å². The van der Waals surface area contributed by atoms with E-state index in [0.29, 0.717) is 10.6 Å². The summed E-state index contributed by atoms with van der Waals surface area (Å²) in [4.78, 5) is 11.9. The van der Waals surface area contributed by atoms with Crippen LogP contribution in [0.3, 0.4) is 0 Å². The number of benzene rings is 1. The molecule has 2 rings (SSSR count). The van der Waals surface area contributed by atoms with Gasteiger partial charge in [0.25, 0.3) is 0 Å². The third-order valence-electron chi connectivity index (χ3n) is 2.06. The quantitative estimate of drug-likeness (QED) is 0.645. The van der Waals surface area contributed by atoms with E-state index in [4.69, 9.17) is 5.73 Å². The molecule has 1 aromatic heterocycles. The fraction of sp³-hybridized carbons (Fsp3) is 0.100. The van der Waals surface area contributed by atoms with Crippen LogP contribution in [0.25, 0.3) is 10.1 Å². The fourth-order valence-electron chi connectivity index (χ4n) is 1.33. The highest BCUT2D eigenvalue weighted by Gasteiger charge is 2.16. The Morgan fingerprint density at radius 2 is 2.27 bits per heavy atom. The molecule has 0 saturated carbocycles. The number of rotatable bonds is 1. The summed E-state index contributed by atoms with van der Waals surface area (Å²) in [6.45, 7) is 0. The summed E-state index contributed by atoms with van der Waals surface area (Å²) >= 11 is 3.58. The Kier molecular flexibility index (Phi) is 2.83. The molecule has 2 N–H and O–H groups in total. The van der Waals surface area contributed by atoms with Crippen LogP contribution in [0.15, 0.2) is 18.2 Å². The SMILES string of the molecule is COC(=O)c1sc2ccc(I)cc2c1N. The van der Waals surface area contributed by atoms with E-state index in [2.05, 4.69) is 27.3 Å². The number of fused-ring (bicyclic) bond motifs is 1. The molecule has 0 bridgehead atoms. The van der Waals surface area contributed by atoms with Gasteiger partial charge >= 0.3 is 5.97 Å². The van der Waals surface area contributed by atoms with Gasteiger partial charge in [0, 0.05) is 13.7 Å². The minimum atomic E-state index is -0.372. The molecule has 15 heavy (non-hydrogen) atoms. The number of esters is 1. The molecule has 0 unspecified atom stereocenters. The van der Waals surface area contributed by atoms with Crippen LogP contribution in [0, 0.1) is 3.57 Å². The molecule has 0 aliphatic rings. The van der Waals surface area contributed by atoms with E-state index in [1.54, 1.807) is 0 Å². The van der Waals surface area contributed by atoms with Crippen LogP contribution in [-0.2, 0) is 4.74 Å². The van der Waals surface area contributed by atoms with Crippen LogP contribution < -0.4 is 5.73 Å². The van der Waals surface area contributed by atoms with Crippen LogP contribution in [0.1, 0.15) is 9.67 Å². The Morgan fingerprint density at radius 3 is 2.93 bits per heavy atom. The highest BCUT2D eigenvalue weighted by atomic mass is 127. The Labute approximate surface area is 104 Å². The predicted octanol–water partition coefficient (Wildman–Crippen LogP) is 2.87. The van der Waals surface area contributed by atoms with E-state index in [9.17, 15) is 4.79 Å². The molecule has 5 heteroatoms. The summed E-state index contributed by atoms with van der Waals surface area (Å²) < 4.78 is 6.77. The average Bonchev–Trinajstić information content (AvgIpc) is 2.55. The molecule has 1 heterocycles. The second-order valence-corrected chi connectivity index (χ2v) is 5.27. The summed E-state index contributed by atoms with van der Waals surface area (Å²) in [6, 6.07) is 5.92. The van der Waals surface area contributed by atoms with Gasteiger partial charge in [-0.3, -0.25) is 0 Å². The molecule has 1 aromatic carbocycles. The molecular formula is C10H8INO2S. The molecule has 0 radical (unpaired) electrons. The zero-order chi connectivity index (χ0) is 11.0. The second-order valence-electron chi connectivity index (χ2n) is 2.98. The molecule has 0 amide bonds. The number of ether oxygens (including phenoxy) is 1. The number of nitrogens with two attached hydrogens (primary N) is 1. The maximum Gasteiger partial charge on any atom is 0.350 e. The molecule has 0 spiro atoms. The third-order valence-corrected chi connectivity index (χ3v) is 3.90. The topological polar surface area (TPSA) is 52.3 Å². The van der Waals surface area contributed by atoms with Gasteiger partial charge in [0.1, 0.15) is 4.88 Å². The Morgan fingerprint density at radius 1 is 1.53 bits per heavy atom. The van der Waals surface area contributed by atoms with Crippen LogP contribution in [0.5, 0.6) is 0 Å². The Hall–Kier alpha value is -0.820. The smallest absolute Gasteiger partial charge is 0.350 e. The van der Waals surface area contributed by atoms with Crippen molar-refractivity contribution in [3.8, 4) is 0 Å². The van der Waals surface area contributed by atoms with E-state index in [-0.39, 0.29) is 5.97 Å². The molecular weight excluding hydrogens is 325 g/mol. The fourth-order valence-corrected chi connectivity index (χ4v) is 2.85. The van der Waals surface area contributed by atoms with Gasteiger partial charge in [0.2, 0.25) is 0 Å². The number of carbonyl (C=O) groups is 1. The molecule has 0 atom stereocenters. The van der Waals surface area contributed by atoms with E-state index in [1.807, 2.05) is 18.2 Å². The first kappa shape index (κ1) is 10.7. The zero-order valence-corrected chi connectivity index (χ0v) is 10.9. The van der Waals surface area contributed by atoms with E-state index in [0.717, 1.165) is 13.7 Å². The van der Waals surface area contributed by atoms with Crippen molar-refractivity contribution in [1.82, 2.24) is 0 Å². The lowest BCUT2D eigenvalue weighted by molar-refractivity contribution is 0.0607. The second kappa shape index (κ2) is 3.97. The first-order valence-electron chi connectivity index (χ1n) is 4.19. The van der Waals surface area contributed by atoms with E-state index >= 15 is 0 Å². The molecule has 0 aliphatic carbocycles. The molecule has 0 saturated heterocycles. The lowest BCUT2D eigenvalue weighted by atomic mass is 10.2. The Balaban J connectivity index is 2.69. The summed E-state index contributed by atoms with van der Waals surface area (Å²) in [5.41, 5.74) is 6.40. The van der Waals surface area contributed by atoms with E-state index < -0.39 is 0 Å². The van der Waals surface area contributed by atoms with Crippen molar-refractivity contribution < 1.29 is 9.53 Å². The normalized spacial score (nSPS) is 10.5. The van der Waals surface area contributed by atoms with Gasteiger partial charge < -0.3 is 10.5 Å². The van der Waals surface area contributed by atoms with Gasteiger partial charge in [0.15, 0.2) is 0 Å². The highest BCUT2D eigenvalue weighted by molar-refractivity contribution is 14.1. The van der Waals surface area contributed by atoms with Gasteiger partial charge in [-0.25, -0.2) is 4.79 Å². The summed E-state index contributed by atoms with van der Waals surface area (Å²) in [6.07, 6.45) is 0. The first-order valence-corrected chi connectivity index (χ1v) is 6.09. The maximum atomic E-state index is 11.4. The summed E-state index contributed by atoms with van der Waals surface area (Å²) in [5.74, 6) is -0.372. The third kappa shape index (κ3) is 1.81. The number of hydrogen-bond acceptors (Lipinski definition) is 4. The zero-order valence-electron chi connectivity index (χ0n) is 7.91. The number of halogens is 1. The Bertz CT molecular complexity index is 535. The van der Waals surface area contributed by atoms with E-state index in [1.165, 1.54) is 18.4 Å². The van der Waals surface area contributed by atoms with Crippen molar-refractivity contribution in [3.05, 3.63) is 26.6 Å². The number of carbonyl (C=O) groups excluding carboxylic acids is 1. The van der Waals surface area contributed by atoms with Crippen molar-refractivity contribution in [1.29, 1.82) is 0 Å². The summed E-state index contributed by atoms with van der Waals surface area (Å²) in [7, 11) is 1.36. The van der Waals surface area contributed by atoms with Gasteiger partial charge in [-0.2, -0.15) is 0 Å². The number of methoxy groups -OCH3 is 1. The lowest BCUT2D eigenvalue weighted by Gasteiger charge is -1.96. The van der Waals surface area contributed by atoms with Crippen LogP contribution >= 0.6 is 33.9 Å². The molecule has 0 fully saturated rings. The first-order chi connectivity index (χ1) is 7.13. The molecule has 0 aliphatic heterocycles. The minimum absolute atomic E-state index is 0.372. The van der Waals surface area contributed by atoms with Gasteiger partial charge in [-0.1, -0.05) is 0 Å². The largest absolute Gasteiger partial charge is 0.465 e. The number of thiophene rings is 1. The van der Waals surface area contributed by atoms with Crippen molar-refractivity contribution in [2.75, 3.05) is 12.8 Å². The van der Waals surface area contributed by atoms with Crippen molar-refractivity contribution >= 4 is 55.7 Å². The van der Waals surface area contributed by atoms with Crippen molar-refractivity contribution in [3.63, 3.8) is 0 Å². The highest BCUT2D eigenvalue weighted by Crippen LogP contribution is 2.34. The monoisotopic (exact) mass is 333 g/mol. The molecule has 78 valence electrons. The van der Waals surface area contributed by atoms with Crippen LogP contribution in [0.4, 0.5) is 5.69 Å². The van der Waals surface area contributed by atoms with Crippen molar-refractivity contribution in [2.24, 2.45) is 0 Å². The lowest BCUT2D eigenvalue weighted by Crippen LogP contribution is -2.01. The number of nitrogen functional groups attached to an aromatic ring is 1. The standard InChI is InChI=1S/C10H8INO2S/c1-14-10(13)9-8(12)6-4-5(11)2-3-7(6)15-9/h2-4H,12H2,1H3. The minimum Gasteiger partial charge on any atom is -0.465 e. The summed E-state index contributed by atoms with van der Waals surface area (Å²) in [5, 5.41) is 0.923. The van der Waals surface area contributed by atoms with Gasteiger partial charge in [-0.05, 0) is 40.8 Å². The van der Waals surface area contributed by atoms with Crippen LogP contribution in [-0.4, -0.2) is 13.1 Å². The van der Waals surface area contributed by atoms with Gasteiger partial charge in [0.05, 0.1) is 12.8 Å². The number of hydrogen-bond donors (Lipinski definition) is 1. The predicted molar refractivity (Wildman–Crippen MR) is 70.3 cm³/mol. The average molecular weight is 333 g/mol. The van der Waals surface area contributed by atoms with Gasteiger partial charge in [-0.15, -0.1) is 11.3 Å². The molecule has 2 aromatic rings. The maximum absolute atomic E-state index is 11.4. The molecule has 3 nitrogen and oxygen atoms in total.